The number of hydrogen-bond donors (Lipinski definition) is 2. The fraction of sp³-hybridized carbons (Fsp3) is 0.500. The molecule has 3 N–H and O–H groups in total. The molecule has 1 aromatic rings. The van der Waals surface area contributed by atoms with E-state index in [1.54, 1.807) is 6.07 Å². The fourth-order valence-electron chi connectivity index (χ4n) is 2.75. The van der Waals surface area contributed by atoms with Gasteiger partial charge in [-0.05, 0) is 13.0 Å². The first-order valence-corrected chi connectivity index (χ1v) is 7.14. The SMILES string of the molecule is CC1COCCN1c1cc2c(c(COC(N)=O)n1)CNC2=O. The van der Waals surface area contributed by atoms with Crippen LogP contribution in [0.1, 0.15) is 28.5 Å². The van der Waals surface area contributed by atoms with Crippen molar-refractivity contribution in [3.63, 3.8) is 0 Å². The van der Waals surface area contributed by atoms with Crippen molar-refractivity contribution in [3.8, 4) is 0 Å². The van der Waals surface area contributed by atoms with Gasteiger partial charge in [-0.15, -0.1) is 0 Å². The maximum atomic E-state index is 12.0. The average molecular weight is 306 g/mol. The van der Waals surface area contributed by atoms with Gasteiger partial charge in [0.1, 0.15) is 12.4 Å². The van der Waals surface area contributed by atoms with Gasteiger partial charge in [-0.2, -0.15) is 0 Å². The summed E-state index contributed by atoms with van der Waals surface area (Å²) in [4.78, 5) is 29.5. The zero-order valence-corrected chi connectivity index (χ0v) is 12.3. The standard InChI is InChI=1S/C14H18N4O4/c1-8-6-21-3-2-18(8)12-4-9-10(5-16-13(9)19)11(17-12)7-22-14(15)20/h4,8H,2-3,5-7H2,1H3,(H2,15,20)(H,16,19). The number of hydrogen-bond acceptors (Lipinski definition) is 6. The average Bonchev–Trinajstić information content (AvgIpc) is 2.87. The molecule has 2 aliphatic heterocycles. The molecule has 0 aromatic carbocycles. The Morgan fingerprint density at radius 1 is 1.64 bits per heavy atom. The van der Waals surface area contributed by atoms with E-state index in [1.807, 2.05) is 6.92 Å². The molecule has 8 nitrogen and oxygen atoms in total. The van der Waals surface area contributed by atoms with Crippen LogP contribution in [0.2, 0.25) is 0 Å². The molecule has 8 heteroatoms. The van der Waals surface area contributed by atoms with Gasteiger partial charge in [0, 0.05) is 24.2 Å². The van der Waals surface area contributed by atoms with E-state index in [0.717, 1.165) is 5.56 Å². The normalized spacial score (nSPS) is 20.5. The van der Waals surface area contributed by atoms with Crippen LogP contribution in [0.4, 0.5) is 10.6 Å². The topological polar surface area (TPSA) is 107 Å². The number of nitrogens with one attached hydrogen (secondary N) is 1. The maximum Gasteiger partial charge on any atom is 0.404 e. The molecule has 2 aliphatic rings. The van der Waals surface area contributed by atoms with E-state index in [-0.39, 0.29) is 18.6 Å². The number of primary amides is 1. The Bertz CT molecular complexity index is 619. The molecule has 1 saturated heterocycles. The number of carbonyl (C=O) groups excluding carboxylic acids is 2. The number of ether oxygens (including phenoxy) is 2. The lowest BCUT2D eigenvalue weighted by atomic mass is 10.1. The number of morpholine rings is 1. The van der Waals surface area contributed by atoms with Crippen LogP contribution in [0.5, 0.6) is 0 Å². The third-order valence-electron chi connectivity index (χ3n) is 3.88. The van der Waals surface area contributed by atoms with E-state index in [9.17, 15) is 9.59 Å². The zero-order valence-electron chi connectivity index (χ0n) is 12.3. The molecule has 0 aliphatic carbocycles. The molecule has 1 aromatic heterocycles. The summed E-state index contributed by atoms with van der Waals surface area (Å²) < 4.78 is 10.3. The zero-order chi connectivity index (χ0) is 15.7. The van der Waals surface area contributed by atoms with Gasteiger partial charge in [0.05, 0.1) is 24.9 Å². The predicted molar refractivity (Wildman–Crippen MR) is 77.4 cm³/mol. The number of pyridine rings is 1. The van der Waals surface area contributed by atoms with Crippen LogP contribution in [0.25, 0.3) is 0 Å². The fourth-order valence-corrected chi connectivity index (χ4v) is 2.75. The first kappa shape index (κ1) is 14.6. The summed E-state index contributed by atoms with van der Waals surface area (Å²) in [5.74, 6) is 0.551. The van der Waals surface area contributed by atoms with Gasteiger partial charge in [-0.3, -0.25) is 4.79 Å². The number of carbonyl (C=O) groups is 2. The molecule has 1 unspecified atom stereocenters. The number of aromatic nitrogens is 1. The maximum absolute atomic E-state index is 12.0. The summed E-state index contributed by atoms with van der Waals surface area (Å²) in [5.41, 5.74) is 6.91. The highest BCUT2D eigenvalue weighted by atomic mass is 16.5. The summed E-state index contributed by atoms with van der Waals surface area (Å²) in [7, 11) is 0. The lowest BCUT2D eigenvalue weighted by Gasteiger charge is -2.34. The van der Waals surface area contributed by atoms with Gasteiger partial charge in [0.25, 0.3) is 5.91 Å². The van der Waals surface area contributed by atoms with E-state index in [1.165, 1.54) is 0 Å². The van der Waals surface area contributed by atoms with Gasteiger partial charge in [-0.1, -0.05) is 0 Å². The van der Waals surface area contributed by atoms with Crippen molar-refractivity contribution < 1.29 is 19.1 Å². The molecular weight excluding hydrogens is 288 g/mol. The predicted octanol–water partition coefficient (Wildman–Crippen LogP) is 0.145. The van der Waals surface area contributed by atoms with Crippen LogP contribution in [0.15, 0.2) is 6.07 Å². The van der Waals surface area contributed by atoms with Crippen LogP contribution in [0.3, 0.4) is 0 Å². The van der Waals surface area contributed by atoms with Crippen molar-refractivity contribution in [3.05, 3.63) is 22.9 Å². The smallest absolute Gasteiger partial charge is 0.404 e. The minimum Gasteiger partial charge on any atom is -0.443 e. The molecule has 22 heavy (non-hydrogen) atoms. The molecule has 0 saturated carbocycles. The molecule has 2 amide bonds. The number of amides is 2. The van der Waals surface area contributed by atoms with Crippen molar-refractivity contribution >= 4 is 17.8 Å². The number of fused-ring (bicyclic) bond motifs is 1. The summed E-state index contributed by atoms with van der Waals surface area (Å²) in [5, 5.41) is 2.76. The van der Waals surface area contributed by atoms with E-state index in [4.69, 9.17) is 15.2 Å². The van der Waals surface area contributed by atoms with Crippen molar-refractivity contribution in [2.45, 2.75) is 26.1 Å². The highest BCUT2D eigenvalue weighted by Gasteiger charge is 2.28. The van der Waals surface area contributed by atoms with E-state index in [0.29, 0.717) is 43.4 Å². The second-order valence-corrected chi connectivity index (χ2v) is 5.36. The molecule has 0 spiro atoms. The van der Waals surface area contributed by atoms with Gasteiger partial charge in [-0.25, -0.2) is 9.78 Å². The second kappa shape index (κ2) is 5.80. The second-order valence-electron chi connectivity index (χ2n) is 5.36. The summed E-state index contributed by atoms with van der Waals surface area (Å²) in [6, 6.07) is 1.95. The molecule has 3 rings (SSSR count). The monoisotopic (exact) mass is 306 g/mol. The van der Waals surface area contributed by atoms with E-state index < -0.39 is 6.09 Å². The first-order chi connectivity index (χ1) is 10.6. The first-order valence-electron chi connectivity index (χ1n) is 7.14. The van der Waals surface area contributed by atoms with Crippen LogP contribution in [0, 0.1) is 0 Å². The van der Waals surface area contributed by atoms with Crippen molar-refractivity contribution in [1.29, 1.82) is 0 Å². The van der Waals surface area contributed by atoms with Crippen LogP contribution in [-0.4, -0.2) is 42.8 Å². The minimum absolute atomic E-state index is 0.0425. The lowest BCUT2D eigenvalue weighted by molar-refractivity contribution is 0.0964. The molecule has 0 bridgehead atoms. The molecular formula is C14H18N4O4. The van der Waals surface area contributed by atoms with Crippen LogP contribution < -0.4 is 16.0 Å². The number of nitrogens with zero attached hydrogens (tertiary/aromatic N) is 2. The van der Waals surface area contributed by atoms with Crippen LogP contribution >= 0.6 is 0 Å². The molecule has 3 heterocycles. The Balaban J connectivity index is 1.97. The Labute approximate surface area is 127 Å². The summed E-state index contributed by atoms with van der Waals surface area (Å²) in [6.07, 6.45) is -0.863. The van der Waals surface area contributed by atoms with Gasteiger partial charge < -0.3 is 25.4 Å². The minimum atomic E-state index is -0.863. The van der Waals surface area contributed by atoms with Crippen molar-refractivity contribution in [2.75, 3.05) is 24.7 Å². The summed E-state index contributed by atoms with van der Waals surface area (Å²) >= 11 is 0. The Kier molecular flexibility index (Phi) is 3.84. The van der Waals surface area contributed by atoms with E-state index >= 15 is 0 Å². The third-order valence-corrected chi connectivity index (χ3v) is 3.88. The highest BCUT2D eigenvalue weighted by molar-refractivity contribution is 5.99. The number of rotatable bonds is 3. The van der Waals surface area contributed by atoms with Gasteiger partial charge in [0.15, 0.2) is 0 Å². The molecule has 118 valence electrons. The van der Waals surface area contributed by atoms with Crippen molar-refractivity contribution in [2.24, 2.45) is 5.73 Å². The Hall–Kier alpha value is -2.35. The highest BCUT2D eigenvalue weighted by Crippen LogP contribution is 2.26. The van der Waals surface area contributed by atoms with Crippen molar-refractivity contribution in [1.82, 2.24) is 10.3 Å². The van der Waals surface area contributed by atoms with Gasteiger partial charge in [0.2, 0.25) is 0 Å². The molecule has 1 atom stereocenters. The molecule has 0 radical (unpaired) electrons. The Morgan fingerprint density at radius 3 is 3.18 bits per heavy atom. The van der Waals surface area contributed by atoms with E-state index in [2.05, 4.69) is 15.2 Å². The number of anilines is 1. The number of nitrogens with two attached hydrogens (primary N) is 1. The van der Waals surface area contributed by atoms with Crippen LogP contribution in [-0.2, 0) is 22.6 Å². The Morgan fingerprint density at radius 2 is 2.45 bits per heavy atom. The lowest BCUT2D eigenvalue weighted by Crippen LogP contribution is -2.44. The molecule has 1 fully saturated rings. The largest absolute Gasteiger partial charge is 0.443 e. The quantitative estimate of drug-likeness (QED) is 0.823. The van der Waals surface area contributed by atoms with Gasteiger partial charge >= 0.3 is 6.09 Å². The summed E-state index contributed by atoms with van der Waals surface area (Å²) in [6.45, 7) is 4.30. The third kappa shape index (κ3) is 2.69.